The smallest absolute Gasteiger partial charge is 0.166 e. The SMILES string of the molecule is CCS(=O)(=O)C1CSCCN1CC1CCCNC1. The molecule has 0 saturated carbocycles. The number of piperidine rings is 1. The van der Waals surface area contributed by atoms with Crippen LogP contribution in [0.3, 0.4) is 0 Å². The maximum atomic E-state index is 12.1. The van der Waals surface area contributed by atoms with Crippen LogP contribution >= 0.6 is 11.8 Å². The van der Waals surface area contributed by atoms with Gasteiger partial charge in [-0.3, -0.25) is 4.90 Å². The Balaban J connectivity index is 1.99. The summed E-state index contributed by atoms with van der Waals surface area (Å²) in [4.78, 5) is 2.22. The van der Waals surface area contributed by atoms with Crippen LogP contribution in [-0.2, 0) is 9.84 Å². The van der Waals surface area contributed by atoms with Gasteiger partial charge in [0, 0.05) is 30.3 Å². The van der Waals surface area contributed by atoms with E-state index in [-0.39, 0.29) is 11.1 Å². The number of hydrogen-bond donors (Lipinski definition) is 1. The second-order valence-electron chi connectivity index (χ2n) is 5.19. The third-order valence-electron chi connectivity index (χ3n) is 3.90. The average molecular weight is 292 g/mol. The topological polar surface area (TPSA) is 49.4 Å². The van der Waals surface area contributed by atoms with E-state index >= 15 is 0 Å². The summed E-state index contributed by atoms with van der Waals surface area (Å²) in [5.74, 6) is 2.69. The van der Waals surface area contributed by atoms with Crippen molar-refractivity contribution in [2.75, 3.05) is 43.4 Å². The van der Waals surface area contributed by atoms with Gasteiger partial charge < -0.3 is 5.32 Å². The van der Waals surface area contributed by atoms with Crippen LogP contribution < -0.4 is 5.32 Å². The standard InChI is InChI=1S/C12H24N2O2S2/c1-2-18(15,16)12-10-17-7-6-14(12)9-11-4-3-5-13-8-11/h11-13H,2-10H2,1H3. The number of sulfone groups is 1. The molecule has 6 heteroatoms. The molecule has 0 aromatic rings. The van der Waals surface area contributed by atoms with E-state index in [1.165, 1.54) is 12.8 Å². The molecule has 2 unspecified atom stereocenters. The van der Waals surface area contributed by atoms with Crippen molar-refractivity contribution in [3.05, 3.63) is 0 Å². The molecular formula is C12H24N2O2S2. The third-order valence-corrected chi connectivity index (χ3v) is 7.23. The highest BCUT2D eigenvalue weighted by Gasteiger charge is 2.33. The lowest BCUT2D eigenvalue weighted by Crippen LogP contribution is -2.51. The molecule has 0 aromatic carbocycles. The van der Waals surface area contributed by atoms with Gasteiger partial charge in [-0.25, -0.2) is 8.42 Å². The van der Waals surface area contributed by atoms with Crippen LogP contribution in [0.1, 0.15) is 19.8 Å². The van der Waals surface area contributed by atoms with Crippen molar-refractivity contribution in [3.8, 4) is 0 Å². The predicted molar refractivity (Wildman–Crippen MR) is 77.7 cm³/mol. The van der Waals surface area contributed by atoms with Gasteiger partial charge in [-0.15, -0.1) is 0 Å². The van der Waals surface area contributed by atoms with E-state index in [0.29, 0.717) is 5.92 Å². The summed E-state index contributed by atoms with van der Waals surface area (Å²) in [6, 6.07) is 0. The van der Waals surface area contributed by atoms with E-state index in [0.717, 1.165) is 37.7 Å². The van der Waals surface area contributed by atoms with E-state index < -0.39 is 9.84 Å². The summed E-state index contributed by atoms with van der Waals surface area (Å²) in [5, 5.41) is 3.16. The monoisotopic (exact) mass is 292 g/mol. The average Bonchev–Trinajstić information content (AvgIpc) is 2.40. The molecule has 2 aliphatic rings. The molecule has 2 fully saturated rings. The Morgan fingerprint density at radius 2 is 2.28 bits per heavy atom. The van der Waals surface area contributed by atoms with E-state index in [2.05, 4.69) is 10.2 Å². The molecule has 18 heavy (non-hydrogen) atoms. The molecule has 0 radical (unpaired) electrons. The van der Waals surface area contributed by atoms with E-state index in [1.807, 2.05) is 0 Å². The fourth-order valence-corrected chi connectivity index (χ4v) is 5.85. The lowest BCUT2D eigenvalue weighted by Gasteiger charge is -2.37. The largest absolute Gasteiger partial charge is 0.316 e. The highest BCUT2D eigenvalue weighted by molar-refractivity contribution is 8.01. The summed E-state index contributed by atoms with van der Waals surface area (Å²) >= 11 is 1.77. The van der Waals surface area contributed by atoms with Crippen LogP contribution in [0.2, 0.25) is 0 Å². The van der Waals surface area contributed by atoms with Crippen LogP contribution in [0.4, 0.5) is 0 Å². The molecule has 2 heterocycles. The first-order valence-corrected chi connectivity index (χ1v) is 9.74. The maximum absolute atomic E-state index is 12.1. The normalized spacial score (nSPS) is 31.4. The van der Waals surface area contributed by atoms with Gasteiger partial charge in [0.1, 0.15) is 5.37 Å². The summed E-state index contributed by atoms with van der Waals surface area (Å²) in [7, 11) is -2.94. The van der Waals surface area contributed by atoms with Crippen LogP contribution in [0, 0.1) is 5.92 Å². The highest BCUT2D eigenvalue weighted by atomic mass is 32.2. The Bertz CT molecular complexity index is 353. The molecular weight excluding hydrogens is 268 g/mol. The van der Waals surface area contributed by atoms with Crippen LogP contribution in [0.25, 0.3) is 0 Å². The van der Waals surface area contributed by atoms with E-state index in [4.69, 9.17) is 0 Å². The Kier molecular flexibility index (Phi) is 5.35. The molecule has 1 N–H and O–H groups in total. The fraction of sp³-hybridized carbons (Fsp3) is 1.00. The Hall–Kier alpha value is 0.220. The van der Waals surface area contributed by atoms with Crippen molar-refractivity contribution in [2.24, 2.45) is 5.92 Å². The van der Waals surface area contributed by atoms with Gasteiger partial charge >= 0.3 is 0 Å². The molecule has 2 aliphatic heterocycles. The van der Waals surface area contributed by atoms with Gasteiger partial charge in [0.25, 0.3) is 0 Å². The first-order valence-electron chi connectivity index (χ1n) is 6.87. The molecule has 0 aliphatic carbocycles. The highest BCUT2D eigenvalue weighted by Crippen LogP contribution is 2.23. The fourth-order valence-electron chi connectivity index (χ4n) is 2.76. The van der Waals surface area contributed by atoms with Gasteiger partial charge in [0.2, 0.25) is 0 Å². The second-order valence-corrected chi connectivity index (χ2v) is 8.79. The molecule has 0 aromatic heterocycles. The quantitative estimate of drug-likeness (QED) is 0.830. The third kappa shape index (κ3) is 3.62. The number of rotatable bonds is 4. The number of thioether (sulfide) groups is 1. The van der Waals surface area contributed by atoms with E-state index in [1.54, 1.807) is 18.7 Å². The number of nitrogens with one attached hydrogen (secondary N) is 1. The molecule has 2 rings (SSSR count). The minimum absolute atomic E-state index is 0.247. The molecule has 2 saturated heterocycles. The van der Waals surface area contributed by atoms with Crippen LogP contribution in [-0.4, -0.2) is 62.1 Å². The zero-order valence-electron chi connectivity index (χ0n) is 11.1. The number of nitrogens with zero attached hydrogens (tertiary/aromatic N) is 1. The molecule has 0 bridgehead atoms. The van der Waals surface area contributed by atoms with Crippen molar-refractivity contribution >= 4 is 21.6 Å². The van der Waals surface area contributed by atoms with Crippen molar-refractivity contribution in [1.29, 1.82) is 0 Å². The van der Waals surface area contributed by atoms with Gasteiger partial charge in [0.15, 0.2) is 9.84 Å². The van der Waals surface area contributed by atoms with Crippen molar-refractivity contribution in [3.63, 3.8) is 0 Å². The zero-order valence-corrected chi connectivity index (χ0v) is 12.7. The zero-order chi connectivity index (χ0) is 13.0. The Morgan fingerprint density at radius 3 is 2.94 bits per heavy atom. The molecule has 106 valence electrons. The first-order chi connectivity index (χ1) is 8.63. The molecule has 0 spiro atoms. The van der Waals surface area contributed by atoms with Gasteiger partial charge in [-0.2, -0.15) is 11.8 Å². The van der Waals surface area contributed by atoms with Gasteiger partial charge in [-0.1, -0.05) is 6.92 Å². The van der Waals surface area contributed by atoms with Crippen molar-refractivity contribution in [2.45, 2.75) is 25.1 Å². The van der Waals surface area contributed by atoms with E-state index in [9.17, 15) is 8.42 Å². The van der Waals surface area contributed by atoms with Crippen LogP contribution in [0.15, 0.2) is 0 Å². The summed E-state index contributed by atoms with van der Waals surface area (Å²) in [6.07, 6.45) is 2.45. The lowest BCUT2D eigenvalue weighted by atomic mass is 9.99. The van der Waals surface area contributed by atoms with Crippen molar-refractivity contribution < 1.29 is 8.42 Å². The predicted octanol–water partition coefficient (Wildman–Crippen LogP) is 0.796. The molecule has 4 nitrogen and oxygen atoms in total. The lowest BCUT2D eigenvalue weighted by molar-refractivity contribution is 0.205. The minimum Gasteiger partial charge on any atom is -0.316 e. The summed E-state index contributed by atoms with van der Waals surface area (Å²) in [6.45, 7) is 5.78. The summed E-state index contributed by atoms with van der Waals surface area (Å²) in [5.41, 5.74) is 0. The summed E-state index contributed by atoms with van der Waals surface area (Å²) < 4.78 is 24.3. The molecule has 0 amide bonds. The van der Waals surface area contributed by atoms with Gasteiger partial charge in [0.05, 0.1) is 0 Å². The molecule has 2 atom stereocenters. The second kappa shape index (κ2) is 6.59. The Morgan fingerprint density at radius 1 is 1.44 bits per heavy atom. The maximum Gasteiger partial charge on any atom is 0.166 e. The van der Waals surface area contributed by atoms with Crippen molar-refractivity contribution in [1.82, 2.24) is 10.2 Å². The Labute approximate surface area is 115 Å². The minimum atomic E-state index is -2.94. The van der Waals surface area contributed by atoms with Crippen LogP contribution in [0.5, 0.6) is 0 Å². The van der Waals surface area contributed by atoms with Gasteiger partial charge in [-0.05, 0) is 31.8 Å². The number of hydrogen-bond acceptors (Lipinski definition) is 5. The first kappa shape index (κ1) is 14.6.